The van der Waals surface area contributed by atoms with Crippen LogP contribution < -0.4 is 9.64 Å². The summed E-state index contributed by atoms with van der Waals surface area (Å²) in [5.74, 6) is 1.78. The minimum absolute atomic E-state index is 0.0676. The summed E-state index contributed by atoms with van der Waals surface area (Å²) in [7, 11) is 0. The largest absolute Gasteiger partial charge is 0.457 e. The lowest BCUT2D eigenvalue weighted by Gasteiger charge is -2.41. The molecule has 0 radical (unpaired) electrons. The van der Waals surface area contributed by atoms with Crippen LogP contribution in [0.25, 0.3) is 55.3 Å². The third kappa shape index (κ3) is 6.81. The molecule has 0 N–H and O–H groups in total. The van der Waals surface area contributed by atoms with E-state index in [1.165, 1.54) is 100 Å². The molecule has 10 aromatic carbocycles. The van der Waals surface area contributed by atoms with Crippen molar-refractivity contribution in [3.05, 3.63) is 267 Å². The zero-order valence-corrected chi connectivity index (χ0v) is 48.8. The predicted octanol–water partition coefficient (Wildman–Crippen LogP) is 21.1. The Hall–Kier alpha value is -8.40. The Labute approximate surface area is 477 Å². The molecule has 15 rings (SSSR count). The normalized spacial score (nSPS) is 15.0. The first-order chi connectivity index (χ1) is 38.7. The van der Waals surface area contributed by atoms with Crippen LogP contribution >= 0.6 is 0 Å². The number of hydrogen-bond acceptors (Lipinski definition) is 3. The Balaban J connectivity index is 1.07. The summed E-state index contributed by atoms with van der Waals surface area (Å²) in [6.07, 6.45) is 0. The summed E-state index contributed by atoms with van der Waals surface area (Å²) in [4.78, 5) is 2.54. The summed E-state index contributed by atoms with van der Waals surface area (Å²) in [5.41, 5.74) is 26.1. The molecule has 4 aliphatic rings. The molecule has 0 atom stereocenters. The second-order valence-electron chi connectivity index (χ2n) is 27.7. The van der Waals surface area contributed by atoms with Crippen LogP contribution in [0.2, 0.25) is 0 Å². The predicted molar refractivity (Wildman–Crippen MR) is 337 cm³/mol. The van der Waals surface area contributed by atoms with Gasteiger partial charge in [-0.3, -0.25) is 0 Å². The second-order valence-corrected chi connectivity index (χ2v) is 27.7. The molecule has 0 bridgehead atoms. The topological polar surface area (TPSA) is 25.6 Å². The van der Waals surface area contributed by atoms with E-state index >= 15 is 0 Å². The SMILES string of the molecule is CC(C)(C)c1ccc2c(c1)C1(c3cc(C(C)(C)C)ccc3O2)c2ccccc2-c2c(N(c3ccc4c(c3)C3(c5ccccc5-4)c4cc(C(C)(C)C)ccc4-c4ccc(C(C)(C)C)cc43)c3cccc4c3oc3ccccc34)cccc21. The first-order valence-corrected chi connectivity index (χ1v) is 29.1. The molecule has 1 aliphatic heterocycles. The highest BCUT2D eigenvalue weighted by Crippen LogP contribution is 2.67. The standard InChI is InChI=1S/C78H69NO2/c1-73(2,3)46-31-36-52-53-37-32-47(74(4,5)6)42-62(53)78(61(52)41-46)58-25-16-13-21-51(58)54-38-35-50(45-63(54)78)79(67-29-19-24-56-55-22-15-18-30-68(55)81-72(56)67)66-28-20-27-60-71(66)57-23-14-17-26-59(57)77(60)64-43-48(75(7,8)9)33-39-69(64)80-70-40-34-49(44-65(70)77)76(10,11)12/h13-45H,1-12H3. The van der Waals surface area contributed by atoms with Gasteiger partial charge in [-0.25, -0.2) is 0 Å². The van der Waals surface area contributed by atoms with E-state index in [1.807, 2.05) is 0 Å². The number of para-hydroxylation sites is 2. The van der Waals surface area contributed by atoms with E-state index in [9.17, 15) is 0 Å². The van der Waals surface area contributed by atoms with Gasteiger partial charge in [0, 0.05) is 33.2 Å². The fraction of sp³-hybridized carbons (Fsp3) is 0.231. The summed E-state index contributed by atoms with van der Waals surface area (Å²) < 4.78 is 14.3. The van der Waals surface area contributed by atoms with Gasteiger partial charge in [-0.2, -0.15) is 0 Å². The van der Waals surface area contributed by atoms with E-state index in [2.05, 4.69) is 288 Å². The van der Waals surface area contributed by atoms with Gasteiger partial charge >= 0.3 is 0 Å². The van der Waals surface area contributed by atoms with E-state index in [0.717, 1.165) is 50.5 Å². The Morgan fingerprint density at radius 3 is 1.33 bits per heavy atom. The lowest BCUT2D eigenvalue weighted by Crippen LogP contribution is -2.33. The molecule has 0 saturated heterocycles. The highest BCUT2D eigenvalue weighted by molar-refractivity contribution is 6.11. The third-order valence-electron chi connectivity index (χ3n) is 18.8. The Bertz CT molecular complexity index is 4370. The summed E-state index contributed by atoms with van der Waals surface area (Å²) in [5, 5.41) is 2.19. The van der Waals surface area contributed by atoms with Crippen molar-refractivity contribution >= 4 is 39.0 Å². The van der Waals surface area contributed by atoms with Crippen molar-refractivity contribution in [3.63, 3.8) is 0 Å². The highest BCUT2D eigenvalue weighted by Gasteiger charge is 2.55. The highest BCUT2D eigenvalue weighted by atomic mass is 16.5. The maximum atomic E-state index is 7.15. The number of fused-ring (bicyclic) bond motifs is 22. The molecule has 398 valence electrons. The monoisotopic (exact) mass is 1050 g/mol. The molecule has 81 heavy (non-hydrogen) atoms. The zero-order valence-electron chi connectivity index (χ0n) is 48.8. The lowest BCUT2D eigenvalue weighted by atomic mass is 9.64. The van der Waals surface area contributed by atoms with Gasteiger partial charge in [-0.05, 0) is 160 Å². The first-order valence-electron chi connectivity index (χ1n) is 29.1. The number of nitrogens with zero attached hydrogens (tertiary/aromatic N) is 1. The fourth-order valence-electron chi connectivity index (χ4n) is 14.7. The first kappa shape index (κ1) is 49.6. The van der Waals surface area contributed by atoms with Gasteiger partial charge in [0.2, 0.25) is 0 Å². The number of rotatable bonds is 3. The van der Waals surface area contributed by atoms with Gasteiger partial charge in [0.15, 0.2) is 5.58 Å². The summed E-state index contributed by atoms with van der Waals surface area (Å²) in [6.45, 7) is 28.0. The van der Waals surface area contributed by atoms with Crippen molar-refractivity contribution in [3.8, 4) is 44.9 Å². The van der Waals surface area contributed by atoms with Crippen LogP contribution in [0.4, 0.5) is 17.1 Å². The molecular formula is C78H69NO2. The number of benzene rings is 10. The van der Waals surface area contributed by atoms with E-state index in [-0.39, 0.29) is 21.7 Å². The van der Waals surface area contributed by atoms with Crippen LogP contribution in [-0.4, -0.2) is 0 Å². The van der Waals surface area contributed by atoms with Crippen LogP contribution in [0.5, 0.6) is 11.5 Å². The van der Waals surface area contributed by atoms with Crippen molar-refractivity contribution in [1.82, 2.24) is 0 Å². The van der Waals surface area contributed by atoms with E-state index in [4.69, 9.17) is 9.15 Å². The summed E-state index contributed by atoms with van der Waals surface area (Å²) in [6, 6.07) is 76.7. The van der Waals surface area contributed by atoms with E-state index < -0.39 is 10.8 Å². The molecular weight excluding hydrogens is 983 g/mol. The zero-order chi connectivity index (χ0) is 55.9. The number of anilines is 3. The number of ether oxygens (including phenoxy) is 1. The van der Waals surface area contributed by atoms with Gasteiger partial charge < -0.3 is 14.1 Å². The maximum absolute atomic E-state index is 7.15. The van der Waals surface area contributed by atoms with Crippen LogP contribution in [-0.2, 0) is 32.5 Å². The van der Waals surface area contributed by atoms with Gasteiger partial charge in [0.1, 0.15) is 17.1 Å². The average molecular weight is 1050 g/mol. The van der Waals surface area contributed by atoms with Crippen molar-refractivity contribution in [2.24, 2.45) is 0 Å². The molecule has 2 heterocycles. The Kier molecular flexibility index (Phi) is 10.2. The maximum Gasteiger partial charge on any atom is 0.159 e. The van der Waals surface area contributed by atoms with Crippen LogP contribution in [0.1, 0.15) is 150 Å². The van der Waals surface area contributed by atoms with Crippen molar-refractivity contribution in [2.75, 3.05) is 4.90 Å². The molecule has 3 heteroatoms. The number of hydrogen-bond donors (Lipinski definition) is 0. The van der Waals surface area contributed by atoms with Gasteiger partial charge in [0.25, 0.3) is 0 Å². The molecule has 0 amide bonds. The van der Waals surface area contributed by atoms with Crippen molar-refractivity contribution in [1.29, 1.82) is 0 Å². The Morgan fingerprint density at radius 2 is 0.741 bits per heavy atom. The van der Waals surface area contributed by atoms with Gasteiger partial charge in [-0.1, -0.05) is 229 Å². The molecule has 2 spiro atoms. The quantitative estimate of drug-likeness (QED) is 0.176. The van der Waals surface area contributed by atoms with Gasteiger partial charge in [-0.15, -0.1) is 0 Å². The minimum atomic E-state index is -0.721. The summed E-state index contributed by atoms with van der Waals surface area (Å²) >= 11 is 0. The van der Waals surface area contributed by atoms with Crippen LogP contribution in [0.15, 0.2) is 205 Å². The molecule has 1 aromatic heterocycles. The molecule has 0 saturated carbocycles. The van der Waals surface area contributed by atoms with Crippen molar-refractivity contribution in [2.45, 2.75) is 116 Å². The molecule has 0 unspecified atom stereocenters. The fourth-order valence-corrected chi connectivity index (χ4v) is 14.7. The van der Waals surface area contributed by atoms with Crippen LogP contribution in [0, 0.1) is 0 Å². The smallest absolute Gasteiger partial charge is 0.159 e. The number of furan rings is 1. The van der Waals surface area contributed by atoms with E-state index in [1.54, 1.807) is 0 Å². The van der Waals surface area contributed by atoms with E-state index in [0.29, 0.717) is 0 Å². The minimum Gasteiger partial charge on any atom is -0.457 e. The second kappa shape index (κ2) is 16.6. The molecule has 3 aliphatic carbocycles. The molecule has 0 fully saturated rings. The molecule has 11 aromatic rings. The Morgan fingerprint density at radius 1 is 0.321 bits per heavy atom. The lowest BCUT2D eigenvalue weighted by molar-refractivity contribution is 0.433. The molecule has 3 nitrogen and oxygen atoms in total. The van der Waals surface area contributed by atoms with Crippen molar-refractivity contribution < 1.29 is 9.15 Å². The third-order valence-corrected chi connectivity index (χ3v) is 18.8. The van der Waals surface area contributed by atoms with Crippen LogP contribution in [0.3, 0.4) is 0 Å². The van der Waals surface area contributed by atoms with Gasteiger partial charge in [0.05, 0.1) is 22.2 Å². The average Bonchev–Trinajstić information content (AvgIpc) is 4.37.